The summed E-state index contributed by atoms with van der Waals surface area (Å²) in [6.07, 6.45) is 3.62. The van der Waals surface area contributed by atoms with E-state index >= 15 is 0 Å². The number of halogens is 2. The van der Waals surface area contributed by atoms with Crippen LogP contribution in [0.1, 0.15) is 18.2 Å². The number of fused-ring (bicyclic) bond motifs is 1. The normalized spacial score (nSPS) is 11.3. The number of nitrogens with zero attached hydrogens (tertiary/aromatic N) is 1. The molecule has 0 aliphatic heterocycles. The molecule has 0 bridgehead atoms. The van der Waals surface area contributed by atoms with Gasteiger partial charge in [-0.2, -0.15) is 0 Å². The van der Waals surface area contributed by atoms with E-state index in [-0.39, 0.29) is 16.5 Å². The molecule has 6 heteroatoms. The quantitative estimate of drug-likeness (QED) is 0.629. The van der Waals surface area contributed by atoms with E-state index in [1.165, 1.54) is 6.07 Å². The number of pyridine rings is 1. The van der Waals surface area contributed by atoms with Gasteiger partial charge in [-0.15, -0.1) is 0 Å². The molecular formula is C19H15Cl2NO3. The SMILES string of the molecule is CCOc1cc(C=Cc2ccc3c(Cl)cc(Cl)c(O)c3n2)ccc1O. The zero-order valence-corrected chi connectivity index (χ0v) is 14.8. The van der Waals surface area contributed by atoms with Crippen molar-refractivity contribution in [2.24, 2.45) is 0 Å². The van der Waals surface area contributed by atoms with E-state index in [0.717, 1.165) is 5.56 Å². The molecule has 0 fully saturated rings. The molecule has 0 saturated heterocycles. The van der Waals surface area contributed by atoms with Gasteiger partial charge in [-0.1, -0.05) is 35.3 Å². The fraction of sp³-hybridized carbons (Fsp3) is 0.105. The Morgan fingerprint density at radius 1 is 1.04 bits per heavy atom. The van der Waals surface area contributed by atoms with E-state index < -0.39 is 0 Å². The lowest BCUT2D eigenvalue weighted by Crippen LogP contribution is -1.92. The summed E-state index contributed by atoms with van der Waals surface area (Å²) in [6.45, 7) is 2.32. The second-order valence-corrected chi connectivity index (χ2v) is 6.13. The third-order valence-corrected chi connectivity index (χ3v) is 4.21. The van der Waals surface area contributed by atoms with Crippen LogP contribution < -0.4 is 4.74 Å². The minimum Gasteiger partial charge on any atom is -0.504 e. The molecule has 0 spiro atoms. The average Bonchev–Trinajstić information content (AvgIpc) is 2.60. The molecule has 25 heavy (non-hydrogen) atoms. The molecule has 0 unspecified atom stereocenters. The Balaban J connectivity index is 1.96. The highest BCUT2D eigenvalue weighted by atomic mass is 35.5. The molecule has 0 radical (unpaired) electrons. The van der Waals surface area contributed by atoms with Gasteiger partial charge in [-0.3, -0.25) is 0 Å². The Morgan fingerprint density at radius 3 is 2.60 bits per heavy atom. The molecule has 2 N–H and O–H groups in total. The summed E-state index contributed by atoms with van der Waals surface area (Å²) in [5.74, 6) is 0.420. The zero-order chi connectivity index (χ0) is 18.0. The van der Waals surface area contributed by atoms with Crippen molar-refractivity contribution >= 4 is 46.3 Å². The van der Waals surface area contributed by atoms with Crippen molar-refractivity contribution in [3.8, 4) is 17.2 Å². The molecule has 128 valence electrons. The summed E-state index contributed by atoms with van der Waals surface area (Å²) in [5.41, 5.74) is 1.82. The van der Waals surface area contributed by atoms with E-state index in [0.29, 0.717) is 34.0 Å². The maximum Gasteiger partial charge on any atom is 0.161 e. The second-order valence-electron chi connectivity index (χ2n) is 5.31. The molecule has 0 atom stereocenters. The molecule has 1 heterocycles. The van der Waals surface area contributed by atoms with Crippen molar-refractivity contribution in [3.63, 3.8) is 0 Å². The van der Waals surface area contributed by atoms with Crippen LogP contribution in [0.25, 0.3) is 23.1 Å². The van der Waals surface area contributed by atoms with Crippen LogP contribution in [0.2, 0.25) is 10.0 Å². The smallest absolute Gasteiger partial charge is 0.161 e. The monoisotopic (exact) mass is 375 g/mol. The van der Waals surface area contributed by atoms with E-state index in [9.17, 15) is 10.2 Å². The number of aromatic nitrogens is 1. The average molecular weight is 376 g/mol. The van der Waals surface area contributed by atoms with Crippen LogP contribution in [-0.2, 0) is 0 Å². The van der Waals surface area contributed by atoms with Crippen LogP contribution in [0.5, 0.6) is 17.2 Å². The predicted molar refractivity (Wildman–Crippen MR) is 102 cm³/mol. The minimum atomic E-state index is -0.0976. The maximum absolute atomic E-state index is 10.1. The lowest BCUT2D eigenvalue weighted by atomic mass is 10.1. The summed E-state index contributed by atoms with van der Waals surface area (Å²) in [5, 5.41) is 21.1. The van der Waals surface area contributed by atoms with Gasteiger partial charge in [0.25, 0.3) is 0 Å². The fourth-order valence-corrected chi connectivity index (χ4v) is 2.91. The Hall–Kier alpha value is -2.43. The highest BCUT2D eigenvalue weighted by molar-refractivity contribution is 6.39. The Bertz CT molecular complexity index is 971. The van der Waals surface area contributed by atoms with Gasteiger partial charge in [-0.25, -0.2) is 4.98 Å². The first-order valence-corrected chi connectivity index (χ1v) is 8.36. The largest absolute Gasteiger partial charge is 0.504 e. The Kier molecular flexibility index (Phi) is 5.02. The van der Waals surface area contributed by atoms with Crippen molar-refractivity contribution in [2.45, 2.75) is 6.92 Å². The van der Waals surface area contributed by atoms with Gasteiger partial charge in [0.2, 0.25) is 0 Å². The van der Waals surface area contributed by atoms with Gasteiger partial charge in [0.05, 0.1) is 22.3 Å². The first kappa shape index (κ1) is 17.4. The lowest BCUT2D eigenvalue weighted by Gasteiger charge is -2.07. The highest BCUT2D eigenvalue weighted by Crippen LogP contribution is 2.36. The summed E-state index contributed by atoms with van der Waals surface area (Å²) in [6, 6.07) is 10.1. The topological polar surface area (TPSA) is 62.6 Å². The number of ether oxygens (including phenoxy) is 1. The van der Waals surface area contributed by atoms with Crippen molar-refractivity contribution in [1.29, 1.82) is 0 Å². The summed E-state index contributed by atoms with van der Waals surface area (Å²) < 4.78 is 5.37. The van der Waals surface area contributed by atoms with Gasteiger partial charge in [-0.05, 0) is 48.9 Å². The first-order valence-electron chi connectivity index (χ1n) is 7.61. The van der Waals surface area contributed by atoms with Crippen LogP contribution in [0.3, 0.4) is 0 Å². The minimum absolute atomic E-state index is 0.0945. The van der Waals surface area contributed by atoms with E-state index in [1.807, 2.05) is 13.0 Å². The molecule has 1 aromatic heterocycles. The number of hydrogen-bond acceptors (Lipinski definition) is 4. The number of hydrogen-bond donors (Lipinski definition) is 2. The highest BCUT2D eigenvalue weighted by Gasteiger charge is 2.10. The third-order valence-electron chi connectivity index (χ3n) is 3.61. The zero-order valence-electron chi connectivity index (χ0n) is 13.3. The van der Waals surface area contributed by atoms with Crippen molar-refractivity contribution < 1.29 is 14.9 Å². The molecule has 0 saturated carbocycles. The summed E-state index contributed by atoms with van der Waals surface area (Å²) in [7, 11) is 0. The first-order chi connectivity index (χ1) is 12.0. The van der Waals surface area contributed by atoms with Gasteiger partial charge in [0, 0.05) is 5.39 Å². The standard InChI is InChI=1S/C19H15Cl2NO3/c1-2-25-17-9-11(4-8-16(17)23)3-5-12-6-7-13-14(20)10-15(21)19(24)18(13)22-12/h3-10,23-24H,2H2,1H3. The van der Waals surface area contributed by atoms with E-state index in [2.05, 4.69) is 4.98 Å². The summed E-state index contributed by atoms with van der Waals surface area (Å²) in [4.78, 5) is 4.40. The molecule has 3 aromatic rings. The van der Waals surface area contributed by atoms with Crippen LogP contribution in [0.15, 0.2) is 36.4 Å². The van der Waals surface area contributed by atoms with Crippen LogP contribution in [-0.4, -0.2) is 21.8 Å². The second kappa shape index (κ2) is 7.21. The van der Waals surface area contributed by atoms with Crippen molar-refractivity contribution in [2.75, 3.05) is 6.61 Å². The number of rotatable bonds is 4. The molecule has 4 nitrogen and oxygen atoms in total. The van der Waals surface area contributed by atoms with Gasteiger partial charge < -0.3 is 14.9 Å². The maximum atomic E-state index is 10.1. The molecule has 2 aromatic carbocycles. The van der Waals surface area contributed by atoms with E-state index in [1.54, 1.807) is 36.4 Å². The summed E-state index contributed by atoms with van der Waals surface area (Å²) >= 11 is 12.1. The molecule has 3 rings (SSSR count). The van der Waals surface area contributed by atoms with Gasteiger partial charge in [0.1, 0.15) is 5.52 Å². The van der Waals surface area contributed by atoms with Crippen molar-refractivity contribution in [1.82, 2.24) is 4.98 Å². The third kappa shape index (κ3) is 3.65. The fourth-order valence-electron chi connectivity index (χ4n) is 2.40. The van der Waals surface area contributed by atoms with Crippen LogP contribution in [0, 0.1) is 0 Å². The number of aromatic hydroxyl groups is 2. The molecule has 0 aliphatic carbocycles. The van der Waals surface area contributed by atoms with Gasteiger partial charge >= 0.3 is 0 Å². The number of benzene rings is 2. The van der Waals surface area contributed by atoms with Crippen LogP contribution >= 0.6 is 23.2 Å². The molecule has 0 amide bonds. The van der Waals surface area contributed by atoms with E-state index in [4.69, 9.17) is 27.9 Å². The predicted octanol–water partition coefficient (Wildman–Crippen LogP) is 5.52. The van der Waals surface area contributed by atoms with Crippen LogP contribution in [0.4, 0.5) is 0 Å². The van der Waals surface area contributed by atoms with Gasteiger partial charge in [0.15, 0.2) is 17.2 Å². The molecular weight excluding hydrogens is 361 g/mol. The lowest BCUT2D eigenvalue weighted by molar-refractivity contribution is 0.318. The van der Waals surface area contributed by atoms with Crippen molar-refractivity contribution in [3.05, 3.63) is 57.7 Å². The Labute approximate surface area is 154 Å². The number of phenols is 2. The number of phenolic OH excluding ortho intramolecular Hbond substituents is 2. The molecule has 0 aliphatic rings. The Morgan fingerprint density at radius 2 is 1.84 bits per heavy atom.